The number of methoxy groups -OCH3 is 1. The summed E-state index contributed by atoms with van der Waals surface area (Å²) in [5, 5.41) is 12.1. The van der Waals surface area contributed by atoms with Gasteiger partial charge in [0, 0.05) is 11.3 Å². The van der Waals surface area contributed by atoms with E-state index in [0.29, 0.717) is 11.3 Å². The number of ether oxygens (including phenoxy) is 1. The van der Waals surface area contributed by atoms with E-state index in [2.05, 4.69) is 5.32 Å². The van der Waals surface area contributed by atoms with Crippen LogP contribution in [0.5, 0.6) is 5.75 Å². The van der Waals surface area contributed by atoms with Crippen LogP contribution < -0.4 is 10.1 Å². The van der Waals surface area contributed by atoms with Gasteiger partial charge in [0.2, 0.25) is 0 Å². The Morgan fingerprint density at radius 1 is 1.13 bits per heavy atom. The molecule has 0 aliphatic carbocycles. The molecular formula is C19H18N2O2. The maximum atomic E-state index is 12.4. The Kier molecular flexibility index (Phi) is 5.16. The molecule has 0 fully saturated rings. The van der Waals surface area contributed by atoms with Gasteiger partial charge in [-0.15, -0.1) is 0 Å². The minimum atomic E-state index is -0.434. The van der Waals surface area contributed by atoms with Crippen LogP contribution >= 0.6 is 0 Å². The average Bonchev–Trinajstić information content (AvgIpc) is 2.56. The molecule has 0 aliphatic heterocycles. The monoisotopic (exact) mass is 306 g/mol. The van der Waals surface area contributed by atoms with E-state index >= 15 is 0 Å². The lowest BCUT2D eigenvalue weighted by Gasteiger charge is -2.11. The van der Waals surface area contributed by atoms with Crippen LogP contribution in [0.4, 0.5) is 5.69 Å². The first kappa shape index (κ1) is 16.3. The number of rotatable bonds is 4. The third kappa shape index (κ3) is 3.78. The highest BCUT2D eigenvalue weighted by Crippen LogP contribution is 2.23. The number of carbonyl (C=O) groups is 1. The van der Waals surface area contributed by atoms with Gasteiger partial charge in [0.25, 0.3) is 5.91 Å². The van der Waals surface area contributed by atoms with Crippen molar-refractivity contribution in [3.05, 3.63) is 64.7 Å². The predicted molar refractivity (Wildman–Crippen MR) is 91.1 cm³/mol. The van der Waals surface area contributed by atoms with Crippen LogP contribution in [0.3, 0.4) is 0 Å². The fourth-order valence-corrected chi connectivity index (χ4v) is 2.28. The topological polar surface area (TPSA) is 62.1 Å². The second kappa shape index (κ2) is 7.28. The molecular weight excluding hydrogens is 288 g/mol. The van der Waals surface area contributed by atoms with Crippen LogP contribution in [0.2, 0.25) is 0 Å². The van der Waals surface area contributed by atoms with Gasteiger partial charge in [-0.1, -0.05) is 36.4 Å². The highest BCUT2D eigenvalue weighted by molar-refractivity contribution is 6.10. The zero-order valence-corrected chi connectivity index (χ0v) is 13.4. The SMILES string of the molecule is COc1ccccc1/C=C(/C#N)C(=O)Nc1c(C)cccc1C. The van der Waals surface area contributed by atoms with Crippen molar-refractivity contribution < 1.29 is 9.53 Å². The molecule has 0 unspecified atom stereocenters. The van der Waals surface area contributed by atoms with E-state index in [-0.39, 0.29) is 5.57 Å². The Hall–Kier alpha value is -3.06. The molecule has 2 rings (SSSR count). The van der Waals surface area contributed by atoms with E-state index in [1.54, 1.807) is 19.2 Å². The van der Waals surface area contributed by atoms with Crippen molar-refractivity contribution in [2.24, 2.45) is 0 Å². The minimum absolute atomic E-state index is 0.0251. The van der Waals surface area contributed by atoms with Crippen molar-refractivity contribution in [1.29, 1.82) is 5.26 Å². The van der Waals surface area contributed by atoms with Gasteiger partial charge in [-0.3, -0.25) is 4.79 Å². The number of hydrogen-bond acceptors (Lipinski definition) is 3. The van der Waals surface area contributed by atoms with Crippen molar-refractivity contribution in [3.63, 3.8) is 0 Å². The number of nitrogens with one attached hydrogen (secondary N) is 1. The summed E-state index contributed by atoms with van der Waals surface area (Å²) in [4.78, 5) is 12.4. The second-order valence-electron chi connectivity index (χ2n) is 5.13. The van der Waals surface area contributed by atoms with E-state index in [1.165, 1.54) is 6.08 Å². The van der Waals surface area contributed by atoms with Crippen LogP contribution in [0.15, 0.2) is 48.0 Å². The van der Waals surface area contributed by atoms with Gasteiger partial charge in [-0.25, -0.2) is 0 Å². The highest BCUT2D eigenvalue weighted by atomic mass is 16.5. The molecule has 2 aromatic carbocycles. The zero-order valence-electron chi connectivity index (χ0n) is 13.4. The molecule has 0 heterocycles. The van der Waals surface area contributed by atoms with Crippen LogP contribution in [0, 0.1) is 25.2 Å². The van der Waals surface area contributed by atoms with Crippen molar-refractivity contribution in [2.75, 3.05) is 12.4 Å². The molecule has 0 spiro atoms. The molecule has 4 heteroatoms. The van der Waals surface area contributed by atoms with Gasteiger partial charge in [0.1, 0.15) is 17.4 Å². The lowest BCUT2D eigenvalue weighted by atomic mass is 10.1. The van der Waals surface area contributed by atoms with Crippen LogP contribution in [0.1, 0.15) is 16.7 Å². The zero-order chi connectivity index (χ0) is 16.8. The smallest absolute Gasteiger partial charge is 0.266 e. The Bertz CT molecular complexity index is 781. The summed E-state index contributed by atoms with van der Waals surface area (Å²) in [5.41, 5.74) is 3.35. The third-order valence-corrected chi connectivity index (χ3v) is 3.52. The van der Waals surface area contributed by atoms with Gasteiger partial charge in [0.15, 0.2) is 0 Å². The fourth-order valence-electron chi connectivity index (χ4n) is 2.28. The van der Waals surface area contributed by atoms with Crippen LogP contribution in [-0.2, 0) is 4.79 Å². The van der Waals surface area contributed by atoms with Gasteiger partial charge in [-0.2, -0.15) is 5.26 Å². The summed E-state index contributed by atoms with van der Waals surface area (Å²) < 4.78 is 5.24. The average molecular weight is 306 g/mol. The lowest BCUT2D eigenvalue weighted by molar-refractivity contribution is -0.112. The maximum absolute atomic E-state index is 12.4. The molecule has 23 heavy (non-hydrogen) atoms. The van der Waals surface area contributed by atoms with Crippen molar-refractivity contribution in [1.82, 2.24) is 0 Å². The largest absolute Gasteiger partial charge is 0.496 e. The number of anilines is 1. The molecule has 0 saturated carbocycles. The molecule has 0 atom stereocenters. The van der Waals surface area contributed by atoms with Gasteiger partial charge in [0.05, 0.1) is 7.11 Å². The predicted octanol–water partition coefficient (Wildman–Crippen LogP) is 3.86. The summed E-state index contributed by atoms with van der Waals surface area (Å²) in [6.45, 7) is 3.83. The Balaban J connectivity index is 2.33. The number of benzene rings is 2. The third-order valence-electron chi connectivity index (χ3n) is 3.52. The summed E-state index contributed by atoms with van der Waals surface area (Å²) in [6, 6.07) is 14.9. The maximum Gasteiger partial charge on any atom is 0.266 e. The number of hydrogen-bond donors (Lipinski definition) is 1. The molecule has 4 nitrogen and oxygen atoms in total. The number of carbonyl (C=O) groups excluding carboxylic acids is 1. The molecule has 1 amide bonds. The summed E-state index contributed by atoms with van der Waals surface area (Å²) in [6.07, 6.45) is 1.53. The Morgan fingerprint density at radius 2 is 1.78 bits per heavy atom. The fraction of sp³-hybridized carbons (Fsp3) is 0.158. The van der Waals surface area contributed by atoms with Crippen LogP contribution in [0.25, 0.3) is 6.08 Å². The van der Waals surface area contributed by atoms with E-state index < -0.39 is 5.91 Å². The van der Waals surface area contributed by atoms with Gasteiger partial charge < -0.3 is 10.1 Å². The highest BCUT2D eigenvalue weighted by Gasteiger charge is 2.13. The molecule has 0 saturated heterocycles. The standard InChI is InChI=1S/C19H18N2O2/c1-13-7-6-8-14(2)18(13)21-19(22)16(12-20)11-15-9-4-5-10-17(15)23-3/h4-11H,1-3H3,(H,21,22)/b16-11-. The number of para-hydroxylation sites is 2. The van der Waals surface area contributed by atoms with Crippen molar-refractivity contribution in [3.8, 4) is 11.8 Å². The number of aryl methyl sites for hydroxylation is 2. The molecule has 0 bridgehead atoms. The van der Waals surface area contributed by atoms with Gasteiger partial charge in [-0.05, 0) is 37.1 Å². The van der Waals surface area contributed by atoms with Crippen molar-refractivity contribution in [2.45, 2.75) is 13.8 Å². The first-order valence-corrected chi connectivity index (χ1v) is 7.19. The van der Waals surface area contributed by atoms with Gasteiger partial charge >= 0.3 is 0 Å². The normalized spacial score (nSPS) is 10.8. The lowest BCUT2D eigenvalue weighted by Crippen LogP contribution is -2.15. The molecule has 2 aromatic rings. The molecule has 0 radical (unpaired) electrons. The number of amides is 1. The molecule has 1 N–H and O–H groups in total. The van der Waals surface area contributed by atoms with E-state index in [0.717, 1.165) is 16.8 Å². The molecule has 0 aliphatic rings. The minimum Gasteiger partial charge on any atom is -0.496 e. The molecule has 116 valence electrons. The van der Waals surface area contributed by atoms with E-state index in [9.17, 15) is 10.1 Å². The second-order valence-corrected chi connectivity index (χ2v) is 5.13. The van der Waals surface area contributed by atoms with Crippen LogP contribution in [-0.4, -0.2) is 13.0 Å². The van der Waals surface area contributed by atoms with E-state index in [1.807, 2.05) is 50.2 Å². The quantitative estimate of drug-likeness (QED) is 0.689. The number of nitrogens with zero attached hydrogens (tertiary/aromatic N) is 1. The summed E-state index contributed by atoms with van der Waals surface area (Å²) >= 11 is 0. The Labute approximate surface area is 136 Å². The number of nitriles is 1. The summed E-state index contributed by atoms with van der Waals surface area (Å²) in [5.74, 6) is 0.177. The molecule has 0 aromatic heterocycles. The first-order valence-electron chi connectivity index (χ1n) is 7.19. The van der Waals surface area contributed by atoms with E-state index in [4.69, 9.17) is 4.74 Å². The van der Waals surface area contributed by atoms with Crippen molar-refractivity contribution >= 4 is 17.7 Å². The summed E-state index contributed by atoms with van der Waals surface area (Å²) in [7, 11) is 1.55. The Morgan fingerprint density at radius 3 is 2.39 bits per heavy atom. The first-order chi connectivity index (χ1) is 11.1.